The fourth-order valence-electron chi connectivity index (χ4n) is 2.18. The minimum atomic E-state index is -0.145. The first-order valence-corrected chi connectivity index (χ1v) is 6.89. The van der Waals surface area contributed by atoms with Gasteiger partial charge in [0.15, 0.2) is 0 Å². The van der Waals surface area contributed by atoms with E-state index >= 15 is 0 Å². The minimum Gasteiger partial charge on any atom is -0.366 e. The summed E-state index contributed by atoms with van der Waals surface area (Å²) in [5.74, 6) is 0.584. The van der Waals surface area contributed by atoms with Crippen molar-refractivity contribution in [2.24, 2.45) is 0 Å². The number of aryl methyl sites for hydroxylation is 2. The molecule has 1 aromatic carbocycles. The first-order valence-electron chi connectivity index (χ1n) is 6.51. The van der Waals surface area contributed by atoms with Crippen LogP contribution in [0.1, 0.15) is 29.2 Å². The van der Waals surface area contributed by atoms with Gasteiger partial charge in [-0.15, -0.1) is 0 Å². The molecule has 106 valence electrons. The van der Waals surface area contributed by atoms with Crippen molar-refractivity contribution in [1.82, 2.24) is 9.97 Å². The van der Waals surface area contributed by atoms with Gasteiger partial charge < -0.3 is 5.32 Å². The van der Waals surface area contributed by atoms with Crippen molar-refractivity contribution < 1.29 is 4.39 Å². The summed E-state index contributed by atoms with van der Waals surface area (Å²) in [6.07, 6.45) is 2.19. The molecule has 2 rings (SSSR count). The van der Waals surface area contributed by atoms with E-state index in [-0.39, 0.29) is 5.82 Å². The fourth-order valence-corrected chi connectivity index (χ4v) is 2.45. The monoisotopic (exact) mass is 293 g/mol. The van der Waals surface area contributed by atoms with Crippen LogP contribution >= 0.6 is 11.6 Å². The van der Waals surface area contributed by atoms with Gasteiger partial charge in [0, 0.05) is 12.1 Å². The Hall–Kier alpha value is -1.68. The van der Waals surface area contributed by atoms with Gasteiger partial charge in [-0.2, -0.15) is 0 Å². The average Bonchev–Trinajstić information content (AvgIpc) is 2.42. The van der Waals surface area contributed by atoms with E-state index in [1.807, 2.05) is 19.1 Å². The Morgan fingerprint density at radius 1 is 1.20 bits per heavy atom. The number of aromatic nitrogens is 2. The van der Waals surface area contributed by atoms with Crippen LogP contribution in [0.5, 0.6) is 0 Å². The Bertz CT molecular complexity index is 606. The van der Waals surface area contributed by atoms with Crippen LogP contribution in [0.15, 0.2) is 18.5 Å². The molecule has 0 aliphatic rings. The second kappa shape index (κ2) is 6.18. The molecular weight excluding hydrogens is 277 g/mol. The summed E-state index contributed by atoms with van der Waals surface area (Å²) in [4.78, 5) is 8.18. The van der Waals surface area contributed by atoms with Gasteiger partial charge in [-0.05, 0) is 37.0 Å². The van der Waals surface area contributed by atoms with E-state index in [1.54, 1.807) is 13.8 Å². The Morgan fingerprint density at radius 2 is 1.85 bits per heavy atom. The third-order valence-corrected chi connectivity index (χ3v) is 3.53. The molecule has 2 aromatic rings. The van der Waals surface area contributed by atoms with Crippen LogP contribution in [-0.2, 0) is 13.0 Å². The second-order valence-corrected chi connectivity index (χ2v) is 5.10. The molecule has 3 nitrogen and oxygen atoms in total. The van der Waals surface area contributed by atoms with Gasteiger partial charge in [-0.25, -0.2) is 14.4 Å². The van der Waals surface area contributed by atoms with Crippen molar-refractivity contribution in [3.05, 3.63) is 51.7 Å². The van der Waals surface area contributed by atoms with Crippen molar-refractivity contribution in [2.75, 3.05) is 5.32 Å². The number of hydrogen-bond acceptors (Lipinski definition) is 3. The lowest BCUT2D eigenvalue weighted by molar-refractivity contribution is 0.608. The third kappa shape index (κ3) is 3.07. The lowest BCUT2D eigenvalue weighted by atomic mass is 10.1. The van der Waals surface area contributed by atoms with E-state index in [0.717, 1.165) is 23.4 Å². The summed E-state index contributed by atoms with van der Waals surface area (Å²) >= 11 is 6.04. The molecule has 0 bridgehead atoms. The number of benzene rings is 1. The molecule has 0 saturated carbocycles. The largest absolute Gasteiger partial charge is 0.366 e. The zero-order chi connectivity index (χ0) is 14.7. The molecule has 0 unspecified atom stereocenters. The van der Waals surface area contributed by atoms with Gasteiger partial charge in [-0.3, -0.25) is 0 Å². The molecule has 0 fully saturated rings. The summed E-state index contributed by atoms with van der Waals surface area (Å²) in [5, 5.41) is 3.71. The van der Waals surface area contributed by atoms with E-state index in [4.69, 9.17) is 11.6 Å². The lowest BCUT2D eigenvalue weighted by Crippen LogP contribution is -2.06. The van der Waals surface area contributed by atoms with Gasteiger partial charge in [0.2, 0.25) is 0 Å². The van der Waals surface area contributed by atoms with Crippen LogP contribution in [0.4, 0.5) is 10.2 Å². The Labute approximate surface area is 123 Å². The van der Waals surface area contributed by atoms with Gasteiger partial charge >= 0.3 is 0 Å². The van der Waals surface area contributed by atoms with Crippen LogP contribution in [0.2, 0.25) is 5.15 Å². The maximum Gasteiger partial charge on any atom is 0.137 e. The van der Waals surface area contributed by atoms with Crippen molar-refractivity contribution in [1.29, 1.82) is 0 Å². The van der Waals surface area contributed by atoms with Crippen LogP contribution in [-0.4, -0.2) is 9.97 Å². The SMILES string of the molecule is CCc1c(Cl)ncnc1NCc1cc(C)c(F)c(C)c1. The molecule has 0 saturated heterocycles. The normalized spacial score (nSPS) is 10.7. The third-order valence-electron chi connectivity index (χ3n) is 3.20. The van der Waals surface area contributed by atoms with E-state index in [2.05, 4.69) is 15.3 Å². The zero-order valence-corrected chi connectivity index (χ0v) is 12.6. The second-order valence-electron chi connectivity index (χ2n) is 4.74. The van der Waals surface area contributed by atoms with Crippen molar-refractivity contribution in [3.63, 3.8) is 0 Å². The zero-order valence-electron chi connectivity index (χ0n) is 11.8. The predicted molar refractivity (Wildman–Crippen MR) is 79.6 cm³/mol. The molecule has 0 radical (unpaired) electrons. The van der Waals surface area contributed by atoms with Crippen LogP contribution in [0, 0.1) is 19.7 Å². The smallest absolute Gasteiger partial charge is 0.137 e. The van der Waals surface area contributed by atoms with E-state index in [9.17, 15) is 4.39 Å². The lowest BCUT2D eigenvalue weighted by Gasteiger charge is -2.12. The number of nitrogens with one attached hydrogen (secondary N) is 1. The summed E-state index contributed by atoms with van der Waals surface area (Å²) in [6, 6.07) is 3.67. The minimum absolute atomic E-state index is 0.145. The highest BCUT2D eigenvalue weighted by atomic mass is 35.5. The number of anilines is 1. The van der Waals surface area contributed by atoms with Crippen molar-refractivity contribution >= 4 is 17.4 Å². The topological polar surface area (TPSA) is 37.8 Å². The summed E-state index contributed by atoms with van der Waals surface area (Å²) in [6.45, 7) is 6.11. The van der Waals surface area contributed by atoms with E-state index in [1.165, 1.54) is 6.33 Å². The van der Waals surface area contributed by atoms with Gasteiger partial charge in [0.1, 0.15) is 23.1 Å². The highest BCUT2D eigenvalue weighted by Gasteiger charge is 2.09. The predicted octanol–water partition coefficient (Wildman–Crippen LogP) is 4.06. The highest BCUT2D eigenvalue weighted by molar-refractivity contribution is 6.30. The number of nitrogens with zero attached hydrogens (tertiary/aromatic N) is 2. The molecule has 1 aromatic heterocycles. The molecule has 1 N–H and O–H groups in total. The van der Waals surface area contributed by atoms with Gasteiger partial charge in [0.25, 0.3) is 0 Å². The maximum atomic E-state index is 13.6. The van der Waals surface area contributed by atoms with Crippen molar-refractivity contribution in [3.8, 4) is 0 Å². The highest BCUT2D eigenvalue weighted by Crippen LogP contribution is 2.21. The summed E-state index contributed by atoms with van der Waals surface area (Å²) < 4.78 is 13.6. The van der Waals surface area contributed by atoms with Crippen molar-refractivity contribution in [2.45, 2.75) is 33.7 Å². The molecule has 0 aliphatic heterocycles. The summed E-state index contributed by atoms with van der Waals surface area (Å²) in [7, 11) is 0. The Kier molecular flexibility index (Phi) is 4.55. The Morgan fingerprint density at radius 3 is 2.45 bits per heavy atom. The molecule has 5 heteroatoms. The molecule has 0 atom stereocenters. The first kappa shape index (κ1) is 14.7. The fraction of sp³-hybridized carbons (Fsp3) is 0.333. The molecule has 0 aliphatic carbocycles. The average molecular weight is 294 g/mol. The number of rotatable bonds is 4. The maximum absolute atomic E-state index is 13.6. The van der Waals surface area contributed by atoms with Crippen LogP contribution in [0.3, 0.4) is 0 Å². The van der Waals surface area contributed by atoms with Crippen LogP contribution in [0.25, 0.3) is 0 Å². The molecule has 0 amide bonds. The molecule has 1 heterocycles. The molecule has 20 heavy (non-hydrogen) atoms. The molecule has 0 spiro atoms. The van der Waals surface area contributed by atoms with Gasteiger partial charge in [0.05, 0.1) is 0 Å². The quantitative estimate of drug-likeness (QED) is 0.864. The number of halogens is 2. The van der Waals surface area contributed by atoms with Crippen LogP contribution < -0.4 is 5.32 Å². The summed E-state index contributed by atoms with van der Waals surface area (Å²) in [5.41, 5.74) is 3.21. The molecular formula is C15H17ClFN3. The van der Waals surface area contributed by atoms with Gasteiger partial charge in [-0.1, -0.05) is 30.7 Å². The number of hydrogen-bond donors (Lipinski definition) is 1. The van der Waals surface area contributed by atoms with E-state index < -0.39 is 0 Å². The standard InChI is InChI=1S/C15H17ClFN3/c1-4-12-14(16)19-8-20-15(12)18-7-11-5-9(2)13(17)10(3)6-11/h5-6,8H,4,7H2,1-3H3,(H,18,19,20). The Balaban J connectivity index is 2.19. The first-order chi connectivity index (χ1) is 9.52. The van der Waals surface area contributed by atoms with E-state index in [0.29, 0.717) is 22.8 Å².